The van der Waals surface area contributed by atoms with Crippen LogP contribution in [0.1, 0.15) is 55.8 Å². The molecule has 1 N–H and O–H groups in total. The average Bonchev–Trinajstić information content (AvgIpc) is 2.77. The largest absolute Gasteiger partial charge is 0.348 e. The number of rotatable bonds is 8. The van der Waals surface area contributed by atoms with E-state index in [0.29, 0.717) is 0 Å². The molecule has 0 spiro atoms. The maximum absolute atomic E-state index is 13.7. The van der Waals surface area contributed by atoms with E-state index < -0.39 is 5.41 Å². The molecule has 0 saturated carbocycles. The van der Waals surface area contributed by atoms with E-state index >= 15 is 0 Å². The molecule has 28 heavy (non-hydrogen) atoms. The topological polar surface area (TPSA) is 29.1 Å². The van der Waals surface area contributed by atoms with Crippen LogP contribution < -0.4 is 5.32 Å². The highest BCUT2D eigenvalue weighted by atomic mass is 16.2. The molecular weight excluding hydrogens is 342 g/mol. The summed E-state index contributed by atoms with van der Waals surface area (Å²) >= 11 is 0. The Morgan fingerprint density at radius 3 is 1.75 bits per heavy atom. The van der Waals surface area contributed by atoms with Crippen molar-refractivity contribution in [3.8, 4) is 0 Å². The van der Waals surface area contributed by atoms with Crippen molar-refractivity contribution < 1.29 is 4.79 Å². The molecule has 0 aliphatic heterocycles. The van der Waals surface area contributed by atoms with Crippen molar-refractivity contribution in [2.45, 2.75) is 44.6 Å². The van der Waals surface area contributed by atoms with Crippen LogP contribution in [0.25, 0.3) is 0 Å². The van der Waals surface area contributed by atoms with E-state index in [2.05, 4.69) is 24.4 Å². The van der Waals surface area contributed by atoms with E-state index in [1.54, 1.807) is 0 Å². The van der Waals surface area contributed by atoms with Gasteiger partial charge in [0.15, 0.2) is 0 Å². The number of unbranched alkanes of at least 4 members (excludes halogenated alkanes) is 1. The van der Waals surface area contributed by atoms with Gasteiger partial charge in [-0.3, -0.25) is 4.79 Å². The van der Waals surface area contributed by atoms with Crippen molar-refractivity contribution in [3.05, 3.63) is 108 Å². The molecule has 0 bridgehead atoms. The molecule has 144 valence electrons. The van der Waals surface area contributed by atoms with Gasteiger partial charge in [0, 0.05) is 0 Å². The lowest BCUT2D eigenvalue weighted by atomic mass is 9.75. The Kier molecular flexibility index (Phi) is 6.65. The molecule has 0 aromatic heterocycles. The summed E-state index contributed by atoms with van der Waals surface area (Å²) in [5.74, 6) is 0.0369. The van der Waals surface area contributed by atoms with Crippen molar-refractivity contribution in [2.24, 2.45) is 0 Å². The Morgan fingerprint density at radius 1 is 0.821 bits per heavy atom. The maximum Gasteiger partial charge on any atom is 0.235 e. The van der Waals surface area contributed by atoms with Crippen LogP contribution in [0, 0.1) is 0 Å². The summed E-state index contributed by atoms with van der Waals surface area (Å²) in [5.41, 5.74) is 2.41. The number of hydrogen-bond acceptors (Lipinski definition) is 1. The molecule has 0 aliphatic rings. The van der Waals surface area contributed by atoms with Crippen molar-refractivity contribution in [1.82, 2.24) is 5.32 Å². The minimum Gasteiger partial charge on any atom is -0.348 e. The van der Waals surface area contributed by atoms with Crippen LogP contribution >= 0.6 is 0 Å². The maximum atomic E-state index is 13.7. The van der Waals surface area contributed by atoms with Crippen molar-refractivity contribution in [2.75, 3.05) is 0 Å². The zero-order chi connectivity index (χ0) is 19.8. The summed E-state index contributed by atoms with van der Waals surface area (Å²) in [7, 11) is 0. The predicted molar refractivity (Wildman–Crippen MR) is 116 cm³/mol. The van der Waals surface area contributed by atoms with Gasteiger partial charge in [-0.05, 0) is 30.0 Å². The normalized spacial score (nSPS) is 12.4. The molecule has 0 saturated heterocycles. The predicted octanol–water partition coefficient (Wildman–Crippen LogP) is 6.04. The van der Waals surface area contributed by atoms with Gasteiger partial charge < -0.3 is 5.32 Å². The van der Waals surface area contributed by atoms with Gasteiger partial charge in [-0.1, -0.05) is 111 Å². The summed E-state index contributed by atoms with van der Waals surface area (Å²) in [4.78, 5) is 13.7. The summed E-state index contributed by atoms with van der Waals surface area (Å²) in [6.45, 7) is 4.21. The number of carbonyl (C=O) groups excluding carboxylic acids is 1. The standard InChI is InChI=1S/C26H29NO/c1-3-4-20-24(21-14-8-5-9-15-21)27-25(28)26(2,22-16-10-6-11-17-22)23-18-12-7-13-19-23/h5-19,24H,3-4,20H2,1-2H3,(H,27,28). The van der Waals surface area contributed by atoms with E-state index in [1.807, 2.05) is 85.8 Å². The molecule has 0 radical (unpaired) electrons. The molecule has 1 unspecified atom stereocenters. The van der Waals surface area contributed by atoms with Crippen LogP contribution in [0.4, 0.5) is 0 Å². The highest BCUT2D eigenvalue weighted by Gasteiger charge is 2.38. The smallest absolute Gasteiger partial charge is 0.235 e. The minimum atomic E-state index is -0.748. The zero-order valence-corrected chi connectivity index (χ0v) is 16.8. The number of hydrogen-bond donors (Lipinski definition) is 1. The molecule has 3 rings (SSSR count). The van der Waals surface area contributed by atoms with E-state index in [0.717, 1.165) is 36.0 Å². The zero-order valence-electron chi connectivity index (χ0n) is 16.8. The Balaban J connectivity index is 1.97. The van der Waals surface area contributed by atoms with Crippen LogP contribution in [-0.2, 0) is 10.2 Å². The van der Waals surface area contributed by atoms with Crippen LogP contribution in [0.5, 0.6) is 0 Å². The molecule has 2 heteroatoms. The Hall–Kier alpha value is -2.87. The number of amides is 1. The Morgan fingerprint density at radius 2 is 1.29 bits per heavy atom. The van der Waals surface area contributed by atoms with Gasteiger partial charge >= 0.3 is 0 Å². The van der Waals surface area contributed by atoms with Gasteiger partial charge in [0.25, 0.3) is 0 Å². The number of carbonyl (C=O) groups is 1. The lowest BCUT2D eigenvalue weighted by molar-refractivity contribution is -0.125. The van der Waals surface area contributed by atoms with Crippen molar-refractivity contribution in [1.29, 1.82) is 0 Å². The second-order valence-electron chi connectivity index (χ2n) is 7.44. The second kappa shape index (κ2) is 9.36. The molecule has 0 fully saturated rings. The Bertz CT molecular complexity index is 819. The third kappa shape index (κ3) is 4.33. The first-order valence-electron chi connectivity index (χ1n) is 10.1. The highest BCUT2D eigenvalue weighted by molar-refractivity contribution is 5.92. The fourth-order valence-corrected chi connectivity index (χ4v) is 3.69. The van der Waals surface area contributed by atoms with E-state index in [9.17, 15) is 4.79 Å². The van der Waals surface area contributed by atoms with Gasteiger partial charge in [0.2, 0.25) is 5.91 Å². The number of benzene rings is 3. The van der Waals surface area contributed by atoms with E-state index in [4.69, 9.17) is 0 Å². The van der Waals surface area contributed by atoms with Gasteiger partial charge in [-0.15, -0.1) is 0 Å². The SMILES string of the molecule is CCCCC(NC(=O)C(C)(c1ccccc1)c1ccccc1)c1ccccc1. The summed E-state index contributed by atoms with van der Waals surface area (Å²) in [5, 5.41) is 3.37. The molecule has 1 atom stereocenters. The second-order valence-corrected chi connectivity index (χ2v) is 7.44. The monoisotopic (exact) mass is 371 g/mol. The van der Waals surface area contributed by atoms with Crippen molar-refractivity contribution in [3.63, 3.8) is 0 Å². The first kappa shape index (κ1) is 19.9. The lowest BCUT2D eigenvalue weighted by Crippen LogP contribution is -2.44. The first-order valence-corrected chi connectivity index (χ1v) is 10.1. The quantitative estimate of drug-likeness (QED) is 0.514. The van der Waals surface area contributed by atoms with Crippen LogP contribution in [0.15, 0.2) is 91.0 Å². The third-order valence-electron chi connectivity index (χ3n) is 5.51. The highest BCUT2D eigenvalue weighted by Crippen LogP contribution is 2.33. The average molecular weight is 372 g/mol. The van der Waals surface area contributed by atoms with Gasteiger partial charge in [0.1, 0.15) is 0 Å². The van der Waals surface area contributed by atoms with E-state index in [-0.39, 0.29) is 11.9 Å². The van der Waals surface area contributed by atoms with Gasteiger partial charge in [0.05, 0.1) is 11.5 Å². The van der Waals surface area contributed by atoms with Crippen LogP contribution in [-0.4, -0.2) is 5.91 Å². The fraction of sp³-hybridized carbons (Fsp3) is 0.269. The van der Waals surface area contributed by atoms with Crippen molar-refractivity contribution >= 4 is 5.91 Å². The lowest BCUT2D eigenvalue weighted by Gasteiger charge is -2.32. The van der Waals surface area contributed by atoms with Crippen LogP contribution in [0.2, 0.25) is 0 Å². The number of nitrogens with one attached hydrogen (secondary N) is 1. The van der Waals surface area contributed by atoms with Gasteiger partial charge in [-0.25, -0.2) is 0 Å². The first-order chi connectivity index (χ1) is 13.7. The minimum absolute atomic E-state index is 0.0143. The van der Waals surface area contributed by atoms with Crippen LogP contribution in [0.3, 0.4) is 0 Å². The summed E-state index contributed by atoms with van der Waals surface area (Å²) in [6.07, 6.45) is 3.12. The third-order valence-corrected chi connectivity index (χ3v) is 5.51. The molecular formula is C26H29NO. The van der Waals surface area contributed by atoms with E-state index in [1.165, 1.54) is 0 Å². The molecule has 3 aromatic rings. The van der Waals surface area contributed by atoms with Gasteiger partial charge in [-0.2, -0.15) is 0 Å². The summed E-state index contributed by atoms with van der Waals surface area (Å²) < 4.78 is 0. The molecule has 2 nitrogen and oxygen atoms in total. The Labute approximate surface area is 168 Å². The molecule has 0 heterocycles. The fourth-order valence-electron chi connectivity index (χ4n) is 3.69. The molecule has 0 aliphatic carbocycles. The molecule has 1 amide bonds. The summed E-state index contributed by atoms with van der Waals surface area (Å²) in [6, 6.07) is 30.4. The molecule has 3 aromatic carbocycles.